The normalized spacial score (nSPS) is 12.2. The molecule has 2 aromatic heterocycles. The lowest BCUT2D eigenvalue weighted by atomic mass is 10.0. The highest BCUT2D eigenvalue weighted by Gasteiger charge is 2.20. The zero-order valence-corrected chi connectivity index (χ0v) is 31.5. The quantitative estimate of drug-likeness (QED) is 0.0840. The number of carbonyl (C=O) groups is 2. The predicted octanol–water partition coefficient (Wildman–Crippen LogP) is 9.60. The number of esters is 2. The molecule has 0 fully saturated rings. The molecule has 0 aliphatic rings. The summed E-state index contributed by atoms with van der Waals surface area (Å²) >= 11 is 6.55. The van der Waals surface area contributed by atoms with Crippen LogP contribution in [0.3, 0.4) is 0 Å². The van der Waals surface area contributed by atoms with Gasteiger partial charge in [0.2, 0.25) is 0 Å². The molecule has 5 rings (SSSR count). The van der Waals surface area contributed by atoms with E-state index in [4.69, 9.17) is 13.9 Å². The molecule has 0 aliphatic heterocycles. The van der Waals surface area contributed by atoms with Gasteiger partial charge in [0.05, 0.1) is 36.8 Å². The average Bonchev–Trinajstić information content (AvgIpc) is 3.07. The molecule has 264 valence electrons. The minimum atomic E-state index is -0.721. The third-order valence-electron chi connectivity index (χ3n) is 7.51. The van der Waals surface area contributed by atoms with Crippen LogP contribution in [0.15, 0.2) is 73.7 Å². The van der Waals surface area contributed by atoms with Crippen LogP contribution in [0.4, 0.5) is 14.5 Å². The van der Waals surface area contributed by atoms with Gasteiger partial charge in [-0.2, -0.15) is 0 Å². The summed E-state index contributed by atoms with van der Waals surface area (Å²) in [5.41, 5.74) is 2.23. The third-order valence-corrected chi connectivity index (χ3v) is 10.0. The molecule has 3 aromatic carbocycles. The number of halogens is 3. The number of carbonyl (C=O) groups excluding carboxylic acids is 2. The fourth-order valence-corrected chi connectivity index (χ4v) is 7.72. The van der Waals surface area contributed by atoms with Crippen molar-refractivity contribution in [3.05, 3.63) is 114 Å². The van der Waals surface area contributed by atoms with Crippen LogP contribution >= 0.6 is 39.0 Å². The molecule has 0 spiro atoms. The number of ether oxygens (including phenoxy) is 2. The molecule has 50 heavy (non-hydrogen) atoms. The van der Waals surface area contributed by atoms with E-state index in [0.717, 1.165) is 46.2 Å². The summed E-state index contributed by atoms with van der Waals surface area (Å²) in [4.78, 5) is 50.0. The van der Waals surface area contributed by atoms with Gasteiger partial charge >= 0.3 is 11.9 Å². The van der Waals surface area contributed by atoms with Gasteiger partial charge in [-0.05, 0) is 74.0 Å². The number of anilines is 1. The molecular weight excluding hydrogens is 752 g/mol. The smallest absolute Gasteiger partial charge is 0.337 e. The standard InChI is InChI=1S/C21H19F2NO4S.C16H17BrO3S/c1-4-29-19-10-18(25)17-6-12(21(26)27-3)5-16(20(17)28-19)11(2)24-15-8-13(22)7-14(23)9-15;1-4-5-11-8-14(18)13-7-10(16(19)20-3)6-12(9(2)17)15(13)21-11/h5-11,24H,4H2,1-3H3;6-9H,4-5H2,1-3H3. The maximum atomic E-state index is 13.5. The number of hydrogen-bond donors (Lipinski definition) is 1. The molecule has 13 heteroatoms. The second-order valence-electron chi connectivity index (χ2n) is 11.2. The van der Waals surface area contributed by atoms with Gasteiger partial charge < -0.3 is 19.2 Å². The van der Waals surface area contributed by atoms with Crippen LogP contribution < -0.4 is 16.2 Å². The van der Waals surface area contributed by atoms with E-state index in [0.29, 0.717) is 32.9 Å². The summed E-state index contributed by atoms with van der Waals surface area (Å²) in [7, 11) is 2.59. The Hall–Kier alpha value is -4.07. The number of thioether (sulfide) groups is 1. The molecule has 2 unspecified atom stereocenters. The van der Waals surface area contributed by atoms with Crippen molar-refractivity contribution in [1.82, 2.24) is 0 Å². The van der Waals surface area contributed by atoms with E-state index in [-0.39, 0.29) is 32.3 Å². The molecular formula is C37H36BrF2NO7S2. The Morgan fingerprint density at radius 1 is 0.860 bits per heavy atom. The summed E-state index contributed by atoms with van der Waals surface area (Å²) < 4.78 is 43.5. The van der Waals surface area contributed by atoms with Crippen molar-refractivity contribution >= 4 is 77.7 Å². The molecule has 0 saturated heterocycles. The van der Waals surface area contributed by atoms with Gasteiger partial charge in [0, 0.05) is 43.2 Å². The second kappa shape index (κ2) is 17.2. The Morgan fingerprint density at radius 2 is 1.44 bits per heavy atom. The lowest BCUT2D eigenvalue weighted by Crippen LogP contribution is -2.12. The number of fused-ring (bicyclic) bond motifs is 2. The highest BCUT2D eigenvalue weighted by atomic mass is 79.9. The van der Waals surface area contributed by atoms with Crippen molar-refractivity contribution in [3.63, 3.8) is 0 Å². The average molecular weight is 789 g/mol. The molecule has 0 amide bonds. The van der Waals surface area contributed by atoms with Gasteiger partial charge in [0.1, 0.15) is 17.2 Å². The maximum Gasteiger partial charge on any atom is 0.337 e. The number of alkyl halides is 1. The topological polar surface area (TPSA) is 112 Å². The van der Waals surface area contributed by atoms with Gasteiger partial charge in [-0.3, -0.25) is 9.59 Å². The van der Waals surface area contributed by atoms with E-state index >= 15 is 0 Å². The predicted molar refractivity (Wildman–Crippen MR) is 199 cm³/mol. The van der Waals surface area contributed by atoms with Crippen molar-refractivity contribution < 1.29 is 32.3 Å². The Bertz CT molecular complexity index is 2150. The number of aryl methyl sites for hydroxylation is 1. The summed E-state index contributed by atoms with van der Waals surface area (Å²) in [6, 6.07) is 12.0. The van der Waals surface area contributed by atoms with E-state index < -0.39 is 29.6 Å². The van der Waals surface area contributed by atoms with E-state index in [1.807, 2.05) is 13.8 Å². The molecule has 2 atom stereocenters. The SMILES string of the molecule is CCCc1cc(=O)c2cc(C(=O)OC)cc(C(C)Br)c2s1.CCSc1cc(=O)c2cc(C(=O)OC)cc(C(C)Nc3cc(F)cc(F)c3)c2o1. The van der Waals surface area contributed by atoms with Crippen LogP contribution in [-0.4, -0.2) is 31.9 Å². The number of rotatable bonds is 10. The van der Waals surface area contributed by atoms with E-state index in [9.17, 15) is 28.0 Å². The minimum Gasteiger partial charge on any atom is -0.465 e. The second-order valence-corrected chi connectivity index (χ2v) is 15.0. The van der Waals surface area contributed by atoms with Crippen molar-refractivity contribution in [2.24, 2.45) is 0 Å². The van der Waals surface area contributed by atoms with E-state index in [2.05, 4.69) is 28.2 Å². The molecule has 1 N–H and O–H groups in total. The lowest BCUT2D eigenvalue weighted by molar-refractivity contribution is 0.0592. The largest absolute Gasteiger partial charge is 0.465 e. The first-order chi connectivity index (χ1) is 23.8. The molecule has 2 heterocycles. The first kappa shape index (κ1) is 38.7. The fourth-order valence-electron chi connectivity index (χ4n) is 5.23. The monoisotopic (exact) mass is 787 g/mol. The highest BCUT2D eigenvalue weighted by Crippen LogP contribution is 2.34. The van der Waals surface area contributed by atoms with Gasteiger partial charge in [-0.15, -0.1) is 11.3 Å². The third kappa shape index (κ3) is 9.18. The van der Waals surface area contributed by atoms with Gasteiger partial charge in [-0.25, -0.2) is 18.4 Å². The molecule has 5 aromatic rings. The van der Waals surface area contributed by atoms with E-state index in [1.54, 1.807) is 42.5 Å². The Balaban J connectivity index is 0.000000237. The van der Waals surface area contributed by atoms with Crippen LogP contribution in [0.1, 0.15) is 81.7 Å². The first-order valence-electron chi connectivity index (χ1n) is 15.7. The molecule has 8 nitrogen and oxygen atoms in total. The Kier molecular flexibility index (Phi) is 13.3. The van der Waals surface area contributed by atoms with Crippen LogP contribution in [-0.2, 0) is 15.9 Å². The zero-order chi connectivity index (χ0) is 36.7. The van der Waals surface area contributed by atoms with Crippen LogP contribution in [0.2, 0.25) is 0 Å². The van der Waals surface area contributed by atoms with Crippen LogP contribution in [0, 0.1) is 11.6 Å². The van der Waals surface area contributed by atoms with Crippen LogP contribution in [0.25, 0.3) is 21.1 Å². The van der Waals surface area contributed by atoms with Crippen molar-refractivity contribution in [2.75, 3.05) is 25.3 Å². The van der Waals surface area contributed by atoms with Gasteiger partial charge in [0.15, 0.2) is 15.9 Å². The van der Waals surface area contributed by atoms with Crippen LogP contribution in [0.5, 0.6) is 0 Å². The maximum absolute atomic E-state index is 13.5. The molecule has 0 bridgehead atoms. The Labute approximate surface area is 304 Å². The lowest BCUT2D eigenvalue weighted by Gasteiger charge is -2.18. The number of methoxy groups -OCH3 is 2. The Morgan fingerprint density at radius 3 is 2.00 bits per heavy atom. The molecule has 0 radical (unpaired) electrons. The number of hydrogen-bond acceptors (Lipinski definition) is 10. The van der Waals surface area contributed by atoms with Crippen molar-refractivity contribution in [1.29, 1.82) is 0 Å². The fraction of sp³-hybridized carbons (Fsp3) is 0.297. The van der Waals surface area contributed by atoms with Crippen molar-refractivity contribution in [2.45, 2.75) is 56.5 Å². The number of benzene rings is 3. The van der Waals surface area contributed by atoms with Gasteiger partial charge in [-0.1, -0.05) is 48.0 Å². The molecule has 0 aliphatic carbocycles. The summed E-state index contributed by atoms with van der Waals surface area (Å²) in [5, 5.41) is 4.24. The first-order valence-corrected chi connectivity index (χ1v) is 18.4. The summed E-state index contributed by atoms with van der Waals surface area (Å²) in [5.74, 6) is -1.76. The van der Waals surface area contributed by atoms with E-state index in [1.165, 1.54) is 38.1 Å². The number of nitrogens with one attached hydrogen (secondary N) is 1. The minimum absolute atomic E-state index is 0.0349. The highest BCUT2D eigenvalue weighted by molar-refractivity contribution is 9.09. The van der Waals surface area contributed by atoms with Crippen molar-refractivity contribution in [3.8, 4) is 0 Å². The van der Waals surface area contributed by atoms with Gasteiger partial charge in [0.25, 0.3) is 0 Å². The zero-order valence-electron chi connectivity index (χ0n) is 28.3. The summed E-state index contributed by atoms with van der Waals surface area (Å²) in [6.45, 7) is 7.74. The summed E-state index contributed by atoms with van der Waals surface area (Å²) in [6.07, 6.45) is 1.89. The molecule has 0 saturated carbocycles.